The molecule has 1 aliphatic carbocycles. The highest BCUT2D eigenvalue weighted by Crippen LogP contribution is 2.50. The Bertz CT molecular complexity index is 1740. The second kappa shape index (κ2) is 7.18. The summed E-state index contributed by atoms with van der Waals surface area (Å²) >= 11 is 0. The Balaban J connectivity index is 1.46. The molecule has 0 fully saturated rings. The van der Waals surface area contributed by atoms with Gasteiger partial charge in [-0.05, 0) is 89.7 Å². The van der Waals surface area contributed by atoms with Crippen molar-refractivity contribution < 1.29 is 0 Å². The van der Waals surface area contributed by atoms with E-state index in [0.717, 1.165) is 6.42 Å². The van der Waals surface area contributed by atoms with Gasteiger partial charge >= 0.3 is 0 Å². The normalized spacial score (nSPS) is 14.3. The van der Waals surface area contributed by atoms with Crippen molar-refractivity contribution in [1.29, 1.82) is 0 Å². The molecule has 0 nitrogen and oxygen atoms in total. The molecule has 0 amide bonds. The molecule has 0 bridgehead atoms. The molecule has 0 N–H and O–H groups in total. The maximum Gasteiger partial charge on any atom is 0.0159 e. The van der Waals surface area contributed by atoms with Crippen LogP contribution in [0.2, 0.25) is 0 Å². The first kappa shape index (κ1) is 20.7. The van der Waals surface area contributed by atoms with Gasteiger partial charge in [-0.3, -0.25) is 0 Å². The zero-order valence-corrected chi connectivity index (χ0v) is 20.9. The van der Waals surface area contributed by atoms with Crippen molar-refractivity contribution in [2.75, 3.05) is 0 Å². The van der Waals surface area contributed by atoms with Crippen LogP contribution in [0, 0.1) is 5.92 Å². The van der Waals surface area contributed by atoms with Gasteiger partial charge in [-0.25, -0.2) is 0 Å². The van der Waals surface area contributed by atoms with Crippen LogP contribution in [0.5, 0.6) is 0 Å². The molecule has 1 aliphatic rings. The lowest BCUT2D eigenvalue weighted by Crippen LogP contribution is -2.14. The Morgan fingerprint density at radius 1 is 0.600 bits per heavy atom. The third-order valence-electron chi connectivity index (χ3n) is 8.20. The van der Waals surface area contributed by atoms with Crippen LogP contribution in [0.1, 0.15) is 44.4 Å². The van der Waals surface area contributed by atoms with Gasteiger partial charge in [-0.15, -0.1) is 0 Å². The Labute approximate surface area is 207 Å². The fourth-order valence-corrected chi connectivity index (χ4v) is 6.60. The first-order chi connectivity index (χ1) is 16.9. The van der Waals surface area contributed by atoms with Crippen LogP contribution < -0.4 is 0 Å². The minimum absolute atomic E-state index is 0.0124. The summed E-state index contributed by atoms with van der Waals surface area (Å²) in [5.41, 5.74) is 9.71. The summed E-state index contributed by atoms with van der Waals surface area (Å²) < 4.78 is 0. The van der Waals surface area contributed by atoms with Gasteiger partial charge in [-0.2, -0.15) is 0 Å². The van der Waals surface area contributed by atoms with E-state index in [0.29, 0.717) is 5.92 Å². The van der Waals surface area contributed by atoms with Gasteiger partial charge in [0.1, 0.15) is 0 Å². The van der Waals surface area contributed by atoms with Crippen molar-refractivity contribution in [3.05, 3.63) is 108 Å². The summed E-state index contributed by atoms with van der Waals surface area (Å²) in [5, 5.41) is 8.20. The summed E-state index contributed by atoms with van der Waals surface area (Å²) in [6.45, 7) is 9.32. The van der Waals surface area contributed by atoms with Crippen LogP contribution in [-0.4, -0.2) is 0 Å². The van der Waals surface area contributed by atoms with E-state index in [1.54, 1.807) is 0 Å². The predicted molar refractivity (Wildman–Crippen MR) is 152 cm³/mol. The number of hydrogen-bond acceptors (Lipinski definition) is 0. The van der Waals surface area contributed by atoms with Crippen molar-refractivity contribution in [3.63, 3.8) is 0 Å². The quantitative estimate of drug-likeness (QED) is 0.235. The molecule has 0 aliphatic heterocycles. The van der Waals surface area contributed by atoms with Crippen molar-refractivity contribution in [3.8, 4) is 22.3 Å². The molecular formula is C35H30. The van der Waals surface area contributed by atoms with E-state index < -0.39 is 0 Å². The molecule has 6 aromatic rings. The highest BCUT2D eigenvalue weighted by atomic mass is 14.4. The van der Waals surface area contributed by atoms with Gasteiger partial charge in [0, 0.05) is 5.41 Å². The molecule has 0 heterocycles. The lowest BCUT2D eigenvalue weighted by molar-refractivity contribution is 0.648. The van der Waals surface area contributed by atoms with Crippen molar-refractivity contribution >= 4 is 32.3 Å². The van der Waals surface area contributed by atoms with Crippen LogP contribution in [0.25, 0.3) is 54.6 Å². The van der Waals surface area contributed by atoms with Crippen molar-refractivity contribution in [1.82, 2.24) is 0 Å². The van der Waals surface area contributed by atoms with Crippen LogP contribution >= 0.6 is 0 Å². The molecule has 6 aromatic carbocycles. The van der Waals surface area contributed by atoms with E-state index in [1.807, 2.05) is 0 Å². The van der Waals surface area contributed by atoms with Gasteiger partial charge in [0.05, 0.1) is 0 Å². The van der Waals surface area contributed by atoms with E-state index in [-0.39, 0.29) is 5.41 Å². The Hall–Kier alpha value is -3.64. The summed E-state index contributed by atoms with van der Waals surface area (Å²) in [7, 11) is 0. The van der Waals surface area contributed by atoms with E-state index in [1.165, 1.54) is 71.3 Å². The Morgan fingerprint density at radius 2 is 1.26 bits per heavy atom. The molecule has 0 heteroatoms. The van der Waals surface area contributed by atoms with Gasteiger partial charge in [0.15, 0.2) is 0 Å². The fourth-order valence-electron chi connectivity index (χ4n) is 6.60. The van der Waals surface area contributed by atoms with Crippen LogP contribution in [0.3, 0.4) is 0 Å². The molecule has 0 spiro atoms. The molecule has 0 unspecified atom stereocenters. The molecular weight excluding hydrogens is 420 g/mol. The van der Waals surface area contributed by atoms with Crippen LogP contribution in [-0.2, 0) is 11.8 Å². The molecule has 0 atom stereocenters. The first-order valence-corrected chi connectivity index (χ1v) is 12.9. The van der Waals surface area contributed by atoms with Gasteiger partial charge in [0.25, 0.3) is 0 Å². The van der Waals surface area contributed by atoms with E-state index in [2.05, 4.69) is 119 Å². The third kappa shape index (κ3) is 2.93. The SMILES string of the molecule is CC(C)Cc1cc2ccc3ccc(-c4ccc5c(c4)C(C)(C)c4ccccc4-5)c4ccc(c1)c2c34. The van der Waals surface area contributed by atoms with Crippen LogP contribution in [0.4, 0.5) is 0 Å². The molecule has 0 aromatic heterocycles. The third-order valence-corrected chi connectivity index (χ3v) is 8.20. The molecule has 0 saturated heterocycles. The maximum absolute atomic E-state index is 2.45. The first-order valence-electron chi connectivity index (χ1n) is 12.9. The molecule has 7 rings (SSSR count). The highest BCUT2D eigenvalue weighted by molar-refractivity contribution is 6.25. The van der Waals surface area contributed by atoms with Crippen LogP contribution in [0.15, 0.2) is 91.0 Å². The van der Waals surface area contributed by atoms with Gasteiger partial charge in [-0.1, -0.05) is 113 Å². The summed E-state index contributed by atoms with van der Waals surface area (Å²) in [6.07, 6.45) is 1.12. The molecule has 0 saturated carbocycles. The smallest absolute Gasteiger partial charge is 0.0159 e. The lowest BCUT2D eigenvalue weighted by Gasteiger charge is -2.22. The molecule has 170 valence electrons. The van der Waals surface area contributed by atoms with E-state index in [4.69, 9.17) is 0 Å². The number of fused-ring (bicyclic) bond motifs is 3. The number of hydrogen-bond donors (Lipinski definition) is 0. The zero-order chi connectivity index (χ0) is 23.9. The monoisotopic (exact) mass is 450 g/mol. The average Bonchev–Trinajstić information content (AvgIpc) is 3.08. The average molecular weight is 451 g/mol. The fraction of sp³-hybridized carbons (Fsp3) is 0.200. The zero-order valence-electron chi connectivity index (χ0n) is 20.9. The largest absolute Gasteiger partial charge is 0.0625 e. The highest BCUT2D eigenvalue weighted by Gasteiger charge is 2.35. The molecule has 0 radical (unpaired) electrons. The second-order valence-electron chi connectivity index (χ2n) is 11.3. The second-order valence-corrected chi connectivity index (χ2v) is 11.3. The van der Waals surface area contributed by atoms with Gasteiger partial charge < -0.3 is 0 Å². The number of rotatable bonds is 3. The summed E-state index contributed by atoms with van der Waals surface area (Å²) in [4.78, 5) is 0. The number of benzene rings is 6. The Kier molecular flexibility index (Phi) is 4.25. The van der Waals surface area contributed by atoms with E-state index >= 15 is 0 Å². The topological polar surface area (TPSA) is 0 Å². The summed E-state index contributed by atoms with van der Waals surface area (Å²) in [6, 6.07) is 34.7. The van der Waals surface area contributed by atoms with E-state index in [9.17, 15) is 0 Å². The summed E-state index contributed by atoms with van der Waals surface area (Å²) in [5.74, 6) is 0.657. The van der Waals surface area contributed by atoms with Crippen molar-refractivity contribution in [2.24, 2.45) is 5.92 Å². The minimum atomic E-state index is 0.0124. The van der Waals surface area contributed by atoms with Gasteiger partial charge in [0.2, 0.25) is 0 Å². The predicted octanol–water partition coefficient (Wildman–Crippen LogP) is 9.76. The molecule has 35 heavy (non-hydrogen) atoms. The Morgan fingerprint density at radius 3 is 2.06 bits per heavy atom. The lowest BCUT2D eigenvalue weighted by atomic mass is 9.81. The van der Waals surface area contributed by atoms with Crippen molar-refractivity contribution in [2.45, 2.75) is 39.5 Å². The maximum atomic E-state index is 2.45. The standard InChI is InChI=1S/C35H30/c1-21(2)17-22-18-25-10-9-23-11-14-27(30-16-13-26(19-22)33(25)34(23)30)24-12-15-29-28-7-5-6-8-31(28)35(3,4)32(29)20-24/h5-16,18-21H,17H2,1-4H3. The minimum Gasteiger partial charge on any atom is -0.0625 e.